The maximum atomic E-state index is 12.7. The molecule has 2 atom stereocenters. The van der Waals surface area contributed by atoms with Crippen LogP contribution in [0, 0.1) is 0 Å². The molecule has 19 heavy (non-hydrogen) atoms. The van der Waals surface area contributed by atoms with E-state index >= 15 is 0 Å². The minimum Gasteiger partial charge on any atom is -0.374 e. The molecule has 0 aromatic heterocycles. The summed E-state index contributed by atoms with van der Waals surface area (Å²) in [6.07, 6.45) is -4.57. The molecule has 0 amide bonds. The Labute approximate surface area is 113 Å². The Morgan fingerprint density at radius 1 is 1.42 bits per heavy atom. The second-order valence-corrected chi connectivity index (χ2v) is 5.40. The van der Waals surface area contributed by atoms with Gasteiger partial charge in [0.05, 0.1) is 24.3 Å². The van der Waals surface area contributed by atoms with Crippen LogP contribution in [0.3, 0.4) is 0 Å². The second-order valence-electron chi connectivity index (χ2n) is 4.25. The minimum absolute atomic E-state index is 0.216. The van der Waals surface area contributed by atoms with Gasteiger partial charge in [-0.25, -0.2) is 0 Å². The summed E-state index contributed by atoms with van der Waals surface area (Å²) in [5, 5.41) is 0. The number of hydrazine groups is 1. The van der Waals surface area contributed by atoms with Crippen LogP contribution in [-0.4, -0.2) is 24.2 Å². The second kappa shape index (κ2) is 6.13. The van der Waals surface area contributed by atoms with Gasteiger partial charge in [0, 0.05) is 11.5 Å². The molecule has 1 heterocycles. The molecule has 3 N–H and O–H groups in total. The summed E-state index contributed by atoms with van der Waals surface area (Å²) in [5.74, 6) is 7.09. The lowest BCUT2D eigenvalue weighted by Crippen LogP contribution is -2.41. The van der Waals surface area contributed by atoms with E-state index in [-0.39, 0.29) is 6.10 Å². The van der Waals surface area contributed by atoms with E-state index in [4.69, 9.17) is 10.6 Å². The molecule has 7 heteroatoms. The highest BCUT2D eigenvalue weighted by Gasteiger charge is 2.32. The Hall–Kier alpha value is -0.760. The molecular weight excluding hydrogens is 277 g/mol. The smallest absolute Gasteiger partial charge is 0.374 e. The first-order valence-corrected chi connectivity index (χ1v) is 7.00. The number of nitrogens with one attached hydrogen (secondary N) is 1. The number of hydrogen-bond acceptors (Lipinski definition) is 4. The maximum absolute atomic E-state index is 12.7. The van der Waals surface area contributed by atoms with Crippen LogP contribution in [0.2, 0.25) is 0 Å². The molecule has 0 spiro atoms. The maximum Gasteiger partial charge on any atom is 0.416 e. The van der Waals surface area contributed by atoms with Crippen molar-refractivity contribution in [3.8, 4) is 0 Å². The third kappa shape index (κ3) is 3.62. The van der Waals surface area contributed by atoms with Gasteiger partial charge < -0.3 is 4.74 Å². The summed E-state index contributed by atoms with van der Waals surface area (Å²) < 4.78 is 43.6. The summed E-state index contributed by atoms with van der Waals surface area (Å²) >= 11 is 1.71. The van der Waals surface area contributed by atoms with Gasteiger partial charge in [0.1, 0.15) is 0 Å². The van der Waals surface area contributed by atoms with E-state index in [1.54, 1.807) is 17.8 Å². The van der Waals surface area contributed by atoms with Crippen LogP contribution in [0.4, 0.5) is 13.2 Å². The number of alkyl halides is 3. The number of ether oxygens (including phenoxy) is 1. The third-order valence-electron chi connectivity index (χ3n) is 2.97. The Morgan fingerprint density at radius 3 is 2.79 bits per heavy atom. The topological polar surface area (TPSA) is 47.3 Å². The number of nitrogens with two attached hydrogens (primary N) is 1. The summed E-state index contributed by atoms with van der Waals surface area (Å²) in [7, 11) is 0. The zero-order valence-corrected chi connectivity index (χ0v) is 10.9. The van der Waals surface area contributed by atoms with Gasteiger partial charge in [0.25, 0.3) is 0 Å². The molecule has 1 aliphatic heterocycles. The van der Waals surface area contributed by atoms with Gasteiger partial charge in [-0.2, -0.15) is 24.9 Å². The zero-order chi connectivity index (χ0) is 13.9. The van der Waals surface area contributed by atoms with Crippen molar-refractivity contribution < 1.29 is 17.9 Å². The van der Waals surface area contributed by atoms with Crippen molar-refractivity contribution >= 4 is 11.8 Å². The lowest BCUT2D eigenvalue weighted by atomic mass is 10.00. The summed E-state index contributed by atoms with van der Waals surface area (Å²) in [5.41, 5.74) is 2.38. The Balaban J connectivity index is 2.22. The fourth-order valence-electron chi connectivity index (χ4n) is 2.03. The molecular formula is C12H15F3N2OS. The predicted molar refractivity (Wildman–Crippen MR) is 68.6 cm³/mol. The van der Waals surface area contributed by atoms with Gasteiger partial charge in [-0.05, 0) is 17.7 Å². The fraction of sp³-hybridized carbons (Fsp3) is 0.500. The molecule has 3 nitrogen and oxygen atoms in total. The van der Waals surface area contributed by atoms with E-state index in [1.807, 2.05) is 0 Å². The SMILES string of the molecule is NNC(c1cccc(C(F)(F)F)c1)C1CSCCO1. The first-order valence-electron chi connectivity index (χ1n) is 5.85. The van der Waals surface area contributed by atoms with Gasteiger partial charge in [-0.15, -0.1) is 0 Å². The average molecular weight is 292 g/mol. The zero-order valence-electron chi connectivity index (χ0n) is 10.1. The predicted octanol–water partition coefficient (Wildman–Crippen LogP) is 2.34. The van der Waals surface area contributed by atoms with E-state index in [1.165, 1.54) is 6.07 Å². The normalized spacial score (nSPS) is 22.2. The first kappa shape index (κ1) is 14.6. The molecule has 2 rings (SSSR count). The highest BCUT2D eigenvalue weighted by atomic mass is 32.2. The van der Waals surface area contributed by atoms with Gasteiger partial charge in [0.2, 0.25) is 0 Å². The number of rotatable bonds is 3. The largest absolute Gasteiger partial charge is 0.416 e. The van der Waals surface area contributed by atoms with Gasteiger partial charge >= 0.3 is 6.18 Å². The Bertz CT molecular complexity index is 422. The monoisotopic (exact) mass is 292 g/mol. The lowest BCUT2D eigenvalue weighted by molar-refractivity contribution is -0.137. The summed E-state index contributed by atoms with van der Waals surface area (Å²) in [6, 6.07) is 4.75. The number of halogens is 3. The van der Waals surface area contributed by atoms with Gasteiger partial charge in [0.15, 0.2) is 0 Å². The number of hydrogen-bond donors (Lipinski definition) is 2. The molecule has 0 saturated carbocycles. The van der Waals surface area contributed by atoms with Crippen LogP contribution in [0.1, 0.15) is 17.2 Å². The van der Waals surface area contributed by atoms with E-state index < -0.39 is 17.8 Å². The van der Waals surface area contributed by atoms with Crippen LogP contribution >= 0.6 is 11.8 Å². The van der Waals surface area contributed by atoms with Crippen molar-refractivity contribution in [2.45, 2.75) is 18.3 Å². The number of benzene rings is 1. The van der Waals surface area contributed by atoms with Gasteiger partial charge in [-0.3, -0.25) is 11.3 Å². The molecule has 1 fully saturated rings. The highest BCUT2D eigenvalue weighted by molar-refractivity contribution is 7.99. The van der Waals surface area contributed by atoms with Crippen molar-refractivity contribution in [3.05, 3.63) is 35.4 Å². The molecule has 0 radical (unpaired) electrons. The van der Waals surface area contributed by atoms with Crippen LogP contribution < -0.4 is 11.3 Å². The Kier molecular flexibility index (Phi) is 4.72. The van der Waals surface area contributed by atoms with Crippen molar-refractivity contribution in [1.82, 2.24) is 5.43 Å². The Morgan fingerprint density at radius 2 is 2.21 bits per heavy atom. The third-order valence-corrected chi connectivity index (χ3v) is 3.99. The van der Waals surface area contributed by atoms with E-state index in [2.05, 4.69) is 5.43 Å². The number of thioether (sulfide) groups is 1. The molecule has 0 bridgehead atoms. The first-order chi connectivity index (χ1) is 9.02. The summed E-state index contributed by atoms with van der Waals surface area (Å²) in [4.78, 5) is 0. The molecule has 106 valence electrons. The van der Waals surface area contributed by atoms with Crippen LogP contribution in [0.5, 0.6) is 0 Å². The molecule has 0 aliphatic carbocycles. The van der Waals surface area contributed by atoms with Crippen molar-refractivity contribution in [2.24, 2.45) is 5.84 Å². The molecule has 1 aliphatic rings. The molecule has 1 aromatic carbocycles. The molecule has 1 saturated heterocycles. The standard InChI is InChI=1S/C12H15F3N2OS/c13-12(14,15)9-3-1-2-8(6-9)11(17-16)10-7-19-5-4-18-10/h1-3,6,10-11,17H,4-5,7,16H2. The summed E-state index contributed by atoms with van der Waals surface area (Å²) in [6.45, 7) is 0.590. The van der Waals surface area contributed by atoms with Crippen LogP contribution in [0.15, 0.2) is 24.3 Å². The fourth-order valence-corrected chi connectivity index (χ4v) is 2.93. The highest BCUT2D eigenvalue weighted by Crippen LogP contribution is 2.32. The molecule has 2 unspecified atom stereocenters. The van der Waals surface area contributed by atoms with E-state index in [9.17, 15) is 13.2 Å². The van der Waals surface area contributed by atoms with Crippen molar-refractivity contribution in [1.29, 1.82) is 0 Å². The quantitative estimate of drug-likeness (QED) is 0.663. The van der Waals surface area contributed by atoms with E-state index in [0.29, 0.717) is 17.9 Å². The van der Waals surface area contributed by atoms with E-state index in [0.717, 1.165) is 17.9 Å². The average Bonchev–Trinajstić information content (AvgIpc) is 2.40. The van der Waals surface area contributed by atoms with Gasteiger partial charge in [-0.1, -0.05) is 12.1 Å². The van der Waals surface area contributed by atoms with Crippen molar-refractivity contribution in [2.75, 3.05) is 18.1 Å². The van der Waals surface area contributed by atoms with Crippen LogP contribution in [0.25, 0.3) is 0 Å². The van der Waals surface area contributed by atoms with Crippen LogP contribution in [-0.2, 0) is 10.9 Å². The minimum atomic E-state index is -4.35. The molecule has 1 aromatic rings. The lowest BCUT2D eigenvalue weighted by Gasteiger charge is -2.30. The van der Waals surface area contributed by atoms with Crippen molar-refractivity contribution in [3.63, 3.8) is 0 Å².